The molecule has 1 aromatic heterocycles. The van der Waals surface area contributed by atoms with E-state index < -0.39 is 0 Å². The second kappa shape index (κ2) is 8.70. The van der Waals surface area contributed by atoms with Crippen molar-refractivity contribution in [3.8, 4) is 11.5 Å². The van der Waals surface area contributed by atoms with Crippen LogP contribution in [-0.4, -0.2) is 23.6 Å². The minimum atomic E-state index is 0.735. The Morgan fingerprint density at radius 2 is 1.65 bits per heavy atom. The molecule has 3 rings (SSSR count). The number of pyridine rings is 1. The van der Waals surface area contributed by atoms with Gasteiger partial charge in [0.15, 0.2) is 0 Å². The van der Waals surface area contributed by atoms with Crippen molar-refractivity contribution in [3.63, 3.8) is 0 Å². The van der Waals surface area contributed by atoms with Crippen molar-refractivity contribution >= 4 is 17.3 Å². The summed E-state index contributed by atoms with van der Waals surface area (Å²) in [4.78, 5) is 6.43. The standard InChI is InChI=1S/C21H22ClN3O/c1-16-3-10-21(13-23-16)26-20-11-8-19(9-12-20)24-15-25(2)14-17-4-6-18(22)7-5-17/h3-13,24H,14-15H2,1-2H3. The summed E-state index contributed by atoms with van der Waals surface area (Å²) in [5, 5.41) is 4.17. The van der Waals surface area contributed by atoms with E-state index in [0.717, 1.165) is 41.1 Å². The molecule has 4 nitrogen and oxygen atoms in total. The zero-order chi connectivity index (χ0) is 18.4. The maximum absolute atomic E-state index is 5.92. The van der Waals surface area contributed by atoms with Gasteiger partial charge >= 0.3 is 0 Å². The Bertz CT molecular complexity index is 817. The minimum absolute atomic E-state index is 0.735. The van der Waals surface area contributed by atoms with Crippen molar-refractivity contribution in [2.45, 2.75) is 13.5 Å². The van der Waals surface area contributed by atoms with Gasteiger partial charge in [-0.05, 0) is 68.1 Å². The summed E-state index contributed by atoms with van der Waals surface area (Å²) in [5.74, 6) is 1.52. The molecule has 0 saturated carbocycles. The maximum atomic E-state index is 5.92. The van der Waals surface area contributed by atoms with Gasteiger partial charge in [0, 0.05) is 22.9 Å². The summed E-state index contributed by atoms with van der Waals surface area (Å²) in [6.07, 6.45) is 1.73. The fraction of sp³-hybridized carbons (Fsp3) is 0.190. The van der Waals surface area contributed by atoms with Crippen molar-refractivity contribution in [1.29, 1.82) is 0 Å². The highest BCUT2D eigenvalue weighted by molar-refractivity contribution is 6.30. The Morgan fingerprint density at radius 3 is 2.31 bits per heavy atom. The van der Waals surface area contributed by atoms with Gasteiger partial charge in [-0.1, -0.05) is 23.7 Å². The quantitative estimate of drug-likeness (QED) is 0.572. The normalized spacial score (nSPS) is 10.8. The highest BCUT2D eigenvalue weighted by atomic mass is 35.5. The molecule has 0 aliphatic carbocycles. The summed E-state index contributed by atoms with van der Waals surface area (Å²) >= 11 is 5.92. The lowest BCUT2D eigenvalue weighted by Crippen LogP contribution is -2.24. The monoisotopic (exact) mass is 367 g/mol. The van der Waals surface area contributed by atoms with Crippen molar-refractivity contribution in [2.24, 2.45) is 0 Å². The molecule has 2 aromatic carbocycles. The molecule has 0 radical (unpaired) electrons. The maximum Gasteiger partial charge on any atom is 0.145 e. The zero-order valence-corrected chi connectivity index (χ0v) is 15.7. The SMILES string of the molecule is Cc1ccc(Oc2ccc(NCN(C)Cc3ccc(Cl)cc3)cc2)cn1. The molecule has 3 aromatic rings. The van der Waals surface area contributed by atoms with E-state index in [2.05, 4.69) is 22.2 Å². The largest absolute Gasteiger partial charge is 0.456 e. The average Bonchev–Trinajstić information content (AvgIpc) is 2.65. The van der Waals surface area contributed by atoms with E-state index in [1.807, 2.05) is 67.6 Å². The van der Waals surface area contributed by atoms with Gasteiger partial charge in [-0.25, -0.2) is 0 Å². The fourth-order valence-corrected chi connectivity index (χ4v) is 2.60. The number of rotatable bonds is 7. The van der Waals surface area contributed by atoms with E-state index in [9.17, 15) is 0 Å². The van der Waals surface area contributed by atoms with Crippen molar-refractivity contribution in [2.75, 3.05) is 19.0 Å². The van der Waals surface area contributed by atoms with Crippen LogP contribution in [0.15, 0.2) is 66.9 Å². The van der Waals surface area contributed by atoms with Gasteiger partial charge in [-0.15, -0.1) is 0 Å². The highest BCUT2D eigenvalue weighted by Crippen LogP contribution is 2.22. The van der Waals surface area contributed by atoms with Crippen LogP contribution in [0, 0.1) is 6.92 Å². The van der Waals surface area contributed by atoms with Crippen LogP contribution in [0.4, 0.5) is 5.69 Å². The second-order valence-electron chi connectivity index (χ2n) is 6.24. The lowest BCUT2D eigenvalue weighted by atomic mass is 10.2. The Hall–Kier alpha value is -2.56. The van der Waals surface area contributed by atoms with Crippen LogP contribution >= 0.6 is 11.6 Å². The third-order valence-electron chi connectivity index (χ3n) is 3.89. The van der Waals surface area contributed by atoms with Gasteiger partial charge in [0.25, 0.3) is 0 Å². The molecular formula is C21H22ClN3O. The van der Waals surface area contributed by atoms with Crippen molar-refractivity contribution in [3.05, 3.63) is 83.1 Å². The number of nitrogens with one attached hydrogen (secondary N) is 1. The molecule has 134 valence electrons. The van der Waals surface area contributed by atoms with E-state index in [-0.39, 0.29) is 0 Å². The summed E-state index contributed by atoms with van der Waals surface area (Å²) < 4.78 is 5.79. The molecule has 1 heterocycles. The molecule has 0 aliphatic heterocycles. The van der Waals surface area contributed by atoms with Gasteiger partial charge in [-0.3, -0.25) is 9.88 Å². The number of benzene rings is 2. The third-order valence-corrected chi connectivity index (χ3v) is 4.15. The predicted octanol–water partition coefficient (Wildman–Crippen LogP) is 5.34. The first-order chi connectivity index (χ1) is 12.6. The summed E-state index contributed by atoms with van der Waals surface area (Å²) in [7, 11) is 2.07. The molecule has 0 saturated heterocycles. The number of aryl methyl sites for hydroxylation is 1. The highest BCUT2D eigenvalue weighted by Gasteiger charge is 2.02. The minimum Gasteiger partial charge on any atom is -0.456 e. The molecule has 5 heteroatoms. The number of anilines is 1. The molecular weight excluding hydrogens is 346 g/mol. The molecule has 26 heavy (non-hydrogen) atoms. The Kier molecular flexibility index (Phi) is 6.10. The zero-order valence-electron chi connectivity index (χ0n) is 14.9. The first-order valence-electron chi connectivity index (χ1n) is 8.46. The third kappa shape index (κ3) is 5.48. The van der Waals surface area contributed by atoms with Gasteiger partial charge in [0.05, 0.1) is 12.9 Å². The second-order valence-corrected chi connectivity index (χ2v) is 6.67. The van der Waals surface area contributed by atoms with Crippen LogP contribution in [0.2, 0.25) is 5.02 Å². The smallest absolute Gasteiger partial charge is 0.145 e. The number of nitrogens with zero attached hydrogens (tertiary/aromatic N) is 2. The van der Waals surface area contributed by atoms with Gasteiger partial charge in [-0.2, -0.15) is 0 Å². The number of hydrogen-bond donors (Lipinski definition) is 1. The fourth-order valence-electron chi connectivity index (χ4n) is 2.48. The van der Waals surface area contributed by atoms with E-state index >= 15 is 0 Å². The average molecular weight is 368 g/mol. The van der Waals surface area contributed by atoms with Crippen LogP contribution in [-0.2, 0) is 6.54 Å². The van der Waals surface area contributed by atoms with E-state index in [4.69, 9.17) is 16.3 Å². The van der Waals surface area contributed by atoms with Crippen LogP contribution in [0.1, 0.15) is 11.3 Å². The molecule has 0 unspecified atom stereocenters. The number of halogens is 1. The first kappa shape index (κ1) is 18.2. The van der Waals surface area contributed by atoms with Crippen LogP contribution < -0.4 is 10.1 Å². The molecule has 0 fully saturated rings. The van der Waals surface area contributed by atoms with Crippen LogP contribution in [0.5, 0.6) is 11.5 Å². The van der Waals surface area contributed by atoms with Crippen LogP contribution in [0.3, 0.4) is 0 Å². The van der Waals surface area contributed by atoms with E-state index in [0.29, 0.717) is 0 Å². The van der Waals surface area contributed by atoms with E-state index in [1.165, 1.54) is 5.56 Å². The number of aromatic nitrogens is 1. The molecule has 0 amide bonds. The van der Waals surface area contributed by atoms with Gasteiger partial charge < -0.3 is 10.1 Å². The summed E-state index contributed by atoms with van der Waals surface area (Å²) in [6.45, 7) is 3.55. The van der Waals surface area contributed by atoms with Crippen molar-refractivity contribution < 1.29 is 4.74 Å². The summed E-state index contributed by atoms with van der Waals surface area (Å²) in [6, 6.07) is 19.7. The topological polar surface area (TPSA) is 37.4 Å². The molecule has 1 N–H and O–H groups in total. The Balaban J connectivity index is 1.49. The van der Waals surface area contributed by atoms with Gasteiger partial charge in [0.2, 0.25) is 0 Å². The number of ether oxygens (including phenoxy) is 1. The molecule has 0 atom stereocenters. The molecule has 0 bridgehead atoms. The Labute approximate surface area is 159 Å². The summed E-state index contributed by atoms with van der Waals surface area (Å²) in [5.41, 5.74) is 3.25. The Morgan fingerprint density at radius 1 is 0.962 bits per heavy atom. The molecule has 0 aliphatic rings. The van der Waals surface area contributed by atoms with Crippen molar-refractivity contribution in [1.82, 2.24) is 9.88 Å². The molecule has 0 spiro atoms. The first-order valence-corrected chi connectivity index (χ1v) is 8.84. The van der Waals surface area contributed by atoms with Gasteiger partial charge in [0.1, 0.15) is 11.5 Å². The van der Waals surface area contributed by atoms with E-state index in [1.54, 1.807) is 6.20 Å². The number of hydrogen-bond acceptors (Lipinski definition) is 4. The predicted molar refractivity (Wildman–Crippen MR) is 107 cm³/mol. The lowest BCUT2D eigenvalue weighted by molar-refractivity contribution is 0.351. The lowest BCUT2D eigenvalue weighted by Gasteiger charge is -2.18. The van der Waals surface area contributed by atoms with Crippen LogP contribution in [0.25, 0.3) is 0 Å².